The van der Waals surface area contributed by atoms with Gasteiger partial charge in [-0.2, -0.15) is 0 Å². The highest BCUT2D eigenvalue weighted by Crippen LogP contribution is 2.13. The molecule has 0 saturated carbocycles. The summed E-state index contributed by atoms with van der Waals surface area (Å²) in [5, 5.41) is 0. The summed E-state index contributed by atoms with van der Waals surface area (Å²) >= 11 is 0. The van der Waals surface area contributed by atoms with Crippen molar-refractivity contribution in [2.75, 3.05) is 0 Å². The molecular weight excluding hydrogens is 244 g/mol. The molecule has 20 heavy (non-hydrogen) atoms. The van der Waals surface area contributed by atoms with Crippen LogP contribution in [0.3, 0.4) is 0 Å². The fourth-order valence-electron chi connectivity index (χ4n) is 2.61. The number of allylic oxidation sites excluding steroid dienone is 2. The van der Waals surface area contributed by atoms with Crippen LogP contribution < -0.4 is 0 Å². The van der Waals surface area contributed by atoms with Crippen molar-refractivity contribution in [2.45, 2.75) is 103 Å². The van der Waals surface area contributed by atoms with Crippen LogP contribution in [0.1, 0.15) is 103 Å². The van der Waals surface area contributed by atoms with Gasteiger partial charge in [0.15, 0.2) is 0 Å². The van der Waals surface area contributed by atoms with Gasteiger partial charge in [0.05, 0.1) is 0 Å². The molecule has 0 amide bonds. The van der Waals surface area contributed by atoms with E-state index < -0.39 is 0 Å². The van der Waals surface area contributed by atoms with E-state index >= 15 is 0 Å². The van der Waals surface area contributed by atoms with E-state index in [0.29, 0.717) is 0 Å². The van der Waals surface area contributed by atoms with Crippen LogP contribution >= 0.6 is 0 Å². The van der Waals surface area contributed by atoms with Crippen molar-refractivity contribution in [3.8, 4) is 0 Å². The molecule has 0 rings (SSSR count). The van der Waals surface area contributed by atoms with Gasteiger partial charge in [0.25, 0.3) is 0 Å². The summed E-state index contributed by atoms with van der Waals surface area (Å²) in [5.41, 5.74) is 0. The van der Waals surface area contributed by atoms with Crippen molar-refractivity contribution in [1.82, 2.24) is 0 Å². The Morgan fingerprint density at radius 2 is 1.00 bits per heavy atom. The zero-order chi connectivity index (χ0) is 14.7. The van der Waals surface area contributed by atoms with E-state index in [1.807, 2.05) is 6.08 Å². The van der Waals surface area contributed by atoms with Crippen molar-refractivity contribution in [3.63, 3.8) is 0 Å². The first-order valence-corrected chi connectivity index (χ1v) is 9.02. The molecule has 0 aromatic carbocycles. The molecule has 0 atom stereocenters. The first-order valence-electron chi connectivity index (χ1n) is 9.02. The Kier molecular flexibility index (Phi) is 17.9. The molecule has 0 heterocycles. The van der Waals surface area contributed by atoms with Crippen molar-refractivity contribution >= 4 is 6.29 Å². The van der Waals surface area contributed by atoms with Crippen LogP contribution in [-0.2, 0) is 4.79 Å². The first-order chi connectivity index (χ1) is 9.91. The lowest BCUT2D eigenvalue weighted by Gasteiger charge is -2.02. The largest absolute Gasteiger partial charge is 0.299 e. The van der Waals surface area contributed by atoms with Gasteiger partial charge in [-0.25, -0.2) is 0 Å². The van der Waals surface area contributed by atoms with Gasteiger partial charge < -0.3 is 0 Å². The summed E-state index contributed by atoms with van der Waals surface area (Å²) in [6.45, 7) is 2.28. The molecule has 1 heteroatoms. The number of unbranched alkanes of at least 4 members (excludes halogenated alkanes) is 14. The van der Waals surface area contributed by atoms with Crippen LogP contribution in [0.15, 0.2) is 12.2 Å². The maximum atomic E-state index is 10.1. The van der Waals surface area contributed by atoms with E-state index in [2.05, 4.69) is 6.92 Å². The average Bonchev–Trinajstić information content (AvgIpc) is 2.47. The molecule has 0 radical (unpaired) electrons. The van der Waals surface area contributed by atoms with Crippen LogP contribution in [0.5, 0.6) is 0 Å². The second-order valence-electron chi connectivity index (χ2n) is 5.95. The maximum absolute atomic E-state index is 10.1. The Morgan fingerprint density at radius 1 is 0.600 bits per heavy atom. The van der Waals surface area contributed by atoms with Crippen LogP contribution in [0.4, 0.5) is 0 Å². The van der Waals surface area contributed by atoms with E-state index in [0.717, 1.165) is 12.7 Å². The summed E-state index contributed by atoms with van der Waals surface area (Å²) in [7, 11) is 0. The second kappa shape index (κ2) is 18.4. The number of aldehydes is 1. The van der Waals surface area contributed by atoms with Gasteiger partial charge in [0.1, 0.15) is 6.29 Å². The van der Waals surface area contributed by atoms with E-state index in [4.69, 9.17) is 0 Å². The summed E-state index contributed by atoms with van der Waals surface area (Å²) in [6, 6.07) is 0. The molecule has 0 aliphatic rings. The summed E-state index contributed by atoms with van der Waals surface area (Å²) in [4.78, 5) is 10.1. The Morgan fingerprint density at radius 3 is 1.40 bits per heavy atom. The van der Waals surface area contributed by atoms with Gasteiger partial charge in [-0.05, 0) is 18.9 Å². The van der Waals surface area contributed by atoms with Crippen molar-refractivity contribution in [1.29, 1.82) is 0 Å². The fraction of sp³-hybridized carbons (Fsp3) is 0.842. The summed E-state index contributed by atoms with van der Waals surface area (Å²) in [5.74, 6) is 0. The maximum Gasteiger partial charge on any atom is 0.142 e. The van der Waals surface area contributed by atoms with Gasteiger partial charge >= 0.3 is 0 Å². The molecule has 0 fully saturated rings. The van der Waals surface area contributed by atoms with Crippen molar-refractivity contribution in [3.05, 3.63) is 12.2 Å². The highest BCUT2D eigenvalue weighted by Gasteiger charge is 1.93. The molecule has 0 aromatic rings. The third-order valence-corrected chi connectivity index (χ3v) is 3.94. The molecule has 0 N–H and O–H groups in total. The van der Waals surface area contributed by atoms with Gasteiger partial charge in [-0.15, -0.1) is 0 Å². The quantitative estimate of drug-likeness (QED) is 0.176. The van der Waals surface area contributed by atoms with Crippen LogP contribution in [0.2, 0.25) is 0 Å². The molecule has 0 aliphatic heterocycles. The molecule has 0 aliphatic carbocycles. The van der Waals surface area contributed by atoms with Gasteiger partial charge in [0.2, 0.25) is 0 Å². The van der Waals surface area contributed by atoms with Crippen molar-refractivity contribution < 1.29 is 4.79 Å². The topological polar surface area (TPSA) is 17.1 Å². The lowest BCUT2D eigenvalue weighted by atomic mass is 10.0. The molecule has 0 unspecified atom stereocenters. The van der Waals surface area contributed by atoms with Crippen LogP contribution in [0, 0.1) is 0 Å². The molecule has 118 valence electrons. The lowest BCUT2D eigenvalue weighted by molar-refractivity contribution is -0.104. The van der Waals surface area contributed by atoms with Crippen LogP contribution in [-0.4, -0.2) is 6.29 Å². The molecule has 0 aromatic heterocycles. The second-order valence-corrected chi connectivity index (χ2v) is 5.95. The third kappa shape index (κ3) is 17.4. The number of hydrogen-bond donors (Lipinski definition) is 0. The van der Waals surface area contributed by atoms with E-state index in [9.17, 15) is 4.79 Å². The first kappa shape index (κ1) is 19.4. The zero-order valence-corrected chi connectivity index (χ0v) is 13.7. The Labute approximate surface area is 127 Å². The Hall–Kier alpha value is -0.590. The molecule has 1 nitrogen and oxygen atoms in total. The Balaban J connectivity index is 2.95. The third-order valence-electron chi connectivity index (χ3n) is 3.94. The minimum Gasteiger partial charge on any atom is -0.299 e. The van der Waals surface area contributed by atoms with E-state index in [1.165, 1.54) is 89.9 Å². The van der Waals surface area contributed by atoms with Gasteiger partial charge in [0, 0.05) is 0 Å². The minimum absolute atomic E-state index is 0.865. The van der Waals surface area contributed by atoms with E-state index in [1.54, 1.807) is 6.08 Å². The summed E-state index contributed by atoms with van der Waals surface area (Å²) in [6.07, 6.45) is 25.2. The van der Waals surface area contributed by atoms with Crippen molar-refractivity contribution in [2.24, 2.45) is 0 Å². The number of hydrogen-bond acceptors (Lipinski definition) is 1. The Bertz CT molecular complexity index is 208. The normalized spacial score (nSPS) is 11.2. The number of carbonyl (C=O) groups is 1. The monoisotopic (exact) mass is 280 g/mol. The standard InChI is InChI=1S/C19H36O/c1-2-3-4-5-6-7-8-9-10-11-12-13-14-15-16-17-18-19-20/h17-19H,2-16H2,1H3/b18-17+. The predicted octanol–water partition coefficient (Wildman–Crippen LogP) is 6.61. The van der Waals surface area contributed by atoms with Gasteiger partial charge in [-0.1, -0.05) is 96.5 Å². The highest BCUT2D eigenvalue weighted by molar-refractivity contribution is 5.64. The molecule has 0 saturated heterocycles. The number of carbonyl (C=O) groups excluding carboxylic acids is 1. The lowest BCUT2D eigenvalue weighted by Crippen LogP contribution is -1.83. The molecule has 0 spiro atoms. The average molecular weight is 280 g/mol. The highest BCUT2D eigenvalue weighted by atomic mass is 16.1. The minimum atomic E-state index is 0.865. The van der Waals surface area contributed by atoms with E-state index in [-0.39, 0.29) is 0 Å². The number of rotatable bonds is 16. The predicted molar refractivity (Wildman–Crippen MR) is 90.1 cm³/mol. The summed E-state index contributed by atoms with van der Waals surface area (Å²) < 4.78 is 0. The fourth-order valence-corrected chi connectivity index (χ4v) is 2.61. The van der Waals surface area contributed by atoms with Crippen LogP contribution in [0.25, 0.3) is 0 Å². The molecular formula is C19H36O. The zero-order valence-electron chi connectivity index (χ0n) is 13.7. The smallest absolute Gasteiger partial charge is 0.142 e. The SMILES string of the molecule is CCCCCCCCCCCCCCCC/C=C/C=O. The molecule has 0 bridgehead atoms. The van der Waals surface area contributed by atoms with Gasteiger partial charge in [-0.3, -0.25) is 4.79 Å².